The van der Waals surface area contributed by atoms with E-state index in [0.29, 0.717) is 27.1 Å². The average Bonchev–Trinajstić information content (AvgIpc) is 3.22. The highest BCUT2D eigenvalue weighted by Gasteiger charge is 2.21. The van der Waals surface area contributed by atoms with Gasteiger partial charge >= 0.3 is 0 Å². The van der Waals surface area contributed by atoms with Gasteiger partial charge in [0, 0.05) is 11.8 Å². The van der Waals surface area contributed by atoms with E-state index in [1.54, 1.807) is 40.7 Å². The number of amides is 1. The Labute approximate surface area is 181 Å². The number of para-hydroxylation sites is 1. The van der Waals surface area contributed by atoms with Gasteiger partial charge in [0.05, 0.1) is 33.7 Å². The Morgan fingerprint density at radius 1 is 1.07 bits per heavy atom. The van der Waals surface area contributed by atoms with E-state index in [9.17, 15) is 9.18 Å². The summed E-state index contributed by atoms with van der Waals surface area (Å²) in [6.45, 7) is 3.91. The molecule has 0 saturated carbocycles. The van der Waals surface area contributed by atoms with E-state index in [0.717, 1.165) is 11.4 Å². The number of rotatable bonds is 5. The molecule has 0 atom stereocenters. The Bertz CT molecular complexity index is 1220. The molecule has 0 saturated heterocycles. The largest absolute Gasteiger partial charge is 0.304 e. The van der Waals surface area contributed by atoms with Crippen molar-refractivity contribution in [3.05, 3.63) is 93.6 Å². The lowest BCUT2D eigenvalue weighted by Crippen LogP contribution is -2.15. The van der Waals surface area contributed by atoms with Crippen LogP contribution in [0.15, 0.2) is 65.3 Å². The van der Waals surface area contributed by atoms with Crippen LogP contribution in [-0.2, 0) is 6.54 Å². The summed E-state index contributed by atoms with van der Waals surface area (Å²) in [5, 5.41) is 11.7. The normalized spacial score (nSPS) is 10.9. The fraction of sp³-hybridized carbons (Fsp3) is 0.136. The molecule has 6 nitrogen and oxygen atoms in total. The van der Waals surface area contributed by atoms with Crippen molar-refractivity contribution in [3.63, 3.8) is 0 Å². The Hall–Kier alpha value is -3.26. The first-order valence-electron chi connectivity index (χ1n) is 9.33. The van der Waals surface area contributed by atoms with Crippen molar-refractivity contribution in [3.8, 4) is 5.69 Å². The molecule has 2 heterocycles. The molecule has 0 aliphatic heterocycles. The van der Waals surface area contributed by atoms with E-state index < -0.39 is 0 Å². The summed E-state index contributed by atoms with van der Waals surface area (Å²) < 4.78 is 17.8. The van der Waals surface area contributed by atoms with Gasteiger partial charge in [0.1, 0.15) is 5.82 Å². The molecular formula is C22H19BrFN5O. The minimum atomic E-state index is -0.302. The summed E-state index contributed by atoms with van der Waals surface area (Å²) in [4.78, 5) is 13.0. The zero-order valence-electron chi connectivity index (χ0n) is 16.4. The van der Waals surface area contributed by atoms with Crippen molar-refractivity contribution in [2.75, 3.05) is 5.32 Å². The second kappa shape index (κ2) is 8.23. The molecule has 0 spiro atoms. The maximum atomic E-state index is 13.9. The van der Waals surface area contributed by atoms with E-state index in [-0.39, 0.29) is 18.3 Å². The van der Waals surface area contributed by atoms with Crippen LogP contribution in [-0.4, -0.2) is 25.5 Å². The van der Waals surface area contributed by atoms with Crippen molar-refractivity contribution in [2.24, 2.45) is 0 Å². The lowest BCUT2D eigenvalue weighted by Gasteiger charge is -2.06. The molecule has 0 fully saturated rings. The lowest BCUT2D eigenvalue weighted by molar-refractivity contribution is 0.102. The molecule has 1 N–H and O–H groups in total. The molecule has 2 aromatic carbocycles. The third kappa shape index (κ3) is 3.91. The summed E-state index contributed by atoms with van der Waals surface area (Å²) in [5.41, 5.74) is 3.25. The Morgan fingerprint density at radius 3 is 2.50 bits per heavy atom. The molecule has 0 aliphatic carbocycles. The molecule has 4 rings (SSSR count). The SMILES string of the molecule is Cc1nn(-c2ccccc2)c(C)c1C(=O)Nc1nn(Cc2ccccc2F)cc1Br. The number of hydrogen-bond donors (Lipinski definition) is 1. The molecular weight excluding hydrogens is 449 g/mol. The number of benzene rings is 2. The maximum Gasteiger partial charge on any atom is 0.260 e. The van der Waals surface area contributed by atoms with Crippen LogP contribution in [0.25, 0.3) is 5.69 Å². The van der Waals surface area contributed by atoms with Gasteiger partial charge < -0.3 is 5.32 Å². The summed E-state index contributed by atoms with van der Waals surface area (Å²) in [7, 11) is 0. The van der Waals surface area contributed by atoms with Crippen molar-refractivity contribution in [2.45, 2.75) is 20.4 Å². The highest BCUT2D eigenvalue weighted by atomic mass is 79.9. The summed E-state index contributed by atoms with van der Waals surface area (Å²) >= 11 is 3.42. The van der Waals surface area contributed by atoms with Gasteiger partial charge in [-0.3, -0.25) is 9.48 Å². The zero-order valence-corrected chi connectivity index (χ0v) is 18.0. The van der Waals surface area contributed by atoms with Gasteiger partial charge in [0.15, 0.2) is 5.82 Å². The molecule has 0 aliphatic rings. The number of hydrogen-bond acceptors (Lipinski definition) is 3. The van der Waals surface area contributed by atoms with Crippen LogP contribution >= 0.6 is 15.9 Å². The average molecular weight is 468 g/mol. The lowest BCUT2D eigenvalue weighted by atomic mass is 10.2. The first kappa shape index (κ1) is 20.0. The van der Waals surface area contributed by atoms with Gasteiger partial charge in [0.25, 0.3) is 5.91 Å². The number of anilines is 1. The quantitative estimate of drug-likeness (QED) is 0.454. The Kier molecular flexibility index (Phi) is 5.50. The number of carbonyl (C=O) groups excluding carboxylic acids is 1. The molecule has 0 bridgehead atoms. The third-order valence-electron chi connectivity index (χ3n) is 4.76. The van der Waals surface area contributed by atoms with E-state index in [4.69, 9.17) is 0 Å². The number of halogens is 2. The standard InChI is InChI=1S/C22H19BrFN5O/c1-14-20(15(2)29(26-14)17-9-4-3-5-10-17)22(30)25-21-18(23)13-28(27-21)12-16-8-6-7-11-19(16)24/h3-11,13H,12H2,1-2H3,(H,25,27,30). The molecule has 1 amide bonds. The van der Waals surface area contributed by atoms with E-state index in [1.807, 2.05) is 37.3 Å². The monoisotopic (exact) mass is 467 g/mol. The minimum Gasteiger partial charge on any atom is -0.304 e. The summed E-state index contributed by atoms with van der Waals surface area (Å²) in [6, 6.07) is 16.2. The Morgan fingerprint density at radius 2 is 1.77 bits per heavy atom. The van der Waals surface area contributed by atoms with E-state index in [2.05, 4.69) is 31.4 Å². The minimum absolute atomic E-state index is 0.255. The highest BCUT2D eigenvalue weighted by molar-refractivity contribution is 9.10. The molecule has 4 aromatic rings. The number of carbonyl (C=O) groups is 1. The molecule has 0 radical (unpaired) electrons. The maximum absolute atomic E-state index is 13.9. The molecule has 8 heteroatoms. The second-order valence-electron chi connectivity index (χ2n) is 6.86. The van der Waals surface area contributed by atoms with Crippen LogP contribution in [0.3, 0.4) is 0 Å². The molecule has 30 heavy (non-hydrogen) atoms. The van der Waals surface area contributed by atoms with Gasteiger partial charge in [-0.1, -0.05) is 36.4 Å². The van der Waals surface area contributed by atoms with Gasteiger partial charge in [-0.2, -0.15) is 10.2 Å². The van der Waals surface area contributed by atoms with Crippen LogP contribution in [0.1, 0.15) is 27.3 Å². The smallest absolute Gasteiger partial charge is 0.260 e. The number of nitrogens with zero attached hydrogens (tertiary/aromatic N) is 4. The molecule has 2 aromatic heterocycles. The number of nitrogens with one attached hydrogen (secondary N) is 1. The summed E-state index contributed by atoms with van der Waals surface area (Å²) in [5.74, 6) is -0.235. The van der Waals surface area contributed by atoms with Gasteiger partial charge in [-0.15, -0.1) is 0 Å². The summed E-state index contributed by atoms with van der Waals surface area (Å²) in [6.07, 6.45) is 1.70. The zero-order chi connectivity index (χ0) is 21.3. The fourth-order valence-corrected chi connectivity index (χ4v) is 3.74. The van der Waals surface area contributed by atoms with Gasteiger partial charge in [-0.25, -0.2) is 9.07 Å². The number of aromatic nitrogens is 4. The molecule has 152 valence electrons. The highest BCUT2D eigenvalue weighted by Crippen LogP contribution is 2.24. The first-order chi connectivity index (χ1) is 14.4. The van der Waals surface area contributed by atoms with Crippen molar-refractivity contribution >= 4 is 27.7 Å². The predicted octanol–water partition coefficient (Wildman–Crippen LogP) is 4.89. The second-order valence-corrected chi connectivity index (χ2v) is 7.72. The van der Waals surface area contributed by atoms with Crippen LogP contribution < -0.4 is 5.32 Å². The topological polar surface area (TPSA) is 64.7 Å². The van der Waals surface area contributed by atoms with Crippen LogP contribution in [0, 0.1) is 19.7 Å². The Balaban J connectivity index is 1.57. The first-order valence-corrected chi connectivity index (χ1v) is 10.1. The van der Waals surface area contributed by atoms with Crippen LogP contribution in [0.2, 0.25) is 0 Å². The van der Waals surface area contributed by atoms with Crippen molar-refractivity contribution in [1.29, 1.82) is 0 Å². The number of aryl methyl sites for hydroxylation is 1. The predicted molar refractivity (Wildman–Crippen MR) is 116 cm³/mol. The van der Waals surface area contributed by atoms with Crippen LogP contribution in [0.5, 0.6) is 0 Å². The van der Waals surface area contributed by atoms with Crippen LogP contribution in [0.4, 0.5) is 10.2 Å². The molecule has 0 unspecified atom stereocenters. The third-order valence-corrected chi connectivity index (χ3v) is 5.34. The fourth-order valence-electron chi connectivity index (χ4n) is 3.33. The van der Waals surface area contributed by atoms with Gasteiger partial charge in [-0.05, 0) is 48.0 Å². The van der Waals surface area contributed by atoms with Crippen molar-refractivity contribution in [1.82, 2.24) is 19.6 Å². The van der Waals surface area contributed by atoms with Gasteiger partial charge in [0.2, 0.25) is 0 Å². The van der Waals surface area contributed by atoms with E-state index in [1.165, 1.54) is 6.07 Å². The van der Waals surface area contributed by atoms with Crippen molar-refractivity contribution < 1.29 is 9.18 Å². The van der Waals surface area contributed by atoms with E-state index >= 15 is 0 Å².